The summed E-state index contributed by atoms with van der Waals surface area (Å²) in [6.07, 6.45) is 6.45. The molecule has 0 atom stereocenters. The highest BCUT2D eigenvalue weighted by Gasteiger charge is 2.18. The van der Waals surface area contributed by atoms with Crippen molar-refractivity contribution in [2.75, 3.05) is 0 Å². The maximum Gasteiger partial charge on any atom is 0.142 e. The summed E-state index contributed by atoms with van der Waals surface area (Å²) in [7, 11) is 0. The number of benzene rings is 4. The number of hydrogen-bond donors (Lipinski definition) is 0. The molecule has 0 spiro atoms. The minimum atomic E-state index is 0.995. The molecule has 1 aliphatic carbocycles. The van der Waals surface area contributed by atoms with E-state index in [2.05, 4.69) is 109 Å². The van der Waals surface area contributed by atoms with E-state index in [0.29, 0.717) is 0 Å². The molecule has 33 heavy (non-hydrogen) atoms. The van der Waals surface area contributed by atoms with Gasteiger partial charge in [-0.25, -0.2) is 0 Å². The van der Waals surface area contributed by atoms with Crippen molar-refractivity contribution in [2.45, 2.75) is 19.8 Å². The van der Waals surface area contributed by atoms with Crippen LogP contribution in [0.1, 0.15) is 23.3 Å². The second-order valence-corrected chi connectivity index (χ2v) is 8.99. The molecular formula is C31H23NO. The van der Waals surface area contributed by atoms with E-state index in [1.807, 2.05) is 0 Å². The molecular weight excluding hydrogens is 402 g/mol. The van der Waals surface area contributed by atoms with E-state index in [1.54, 1.807) is 0 Å². The van der Waals surface area contributed by atoms with Gasteiger partial charge < -0.3 is 8.98 Å². The summed E-state index contributed by atoms with van der Waals surface area (Å²) in [4.78, 5) is 0. The Hall–Kier alpha value is -4.04. The van der Waals surface area contributed by atoms with Gasteiger partial charge in [0.2, 0.25) is 0 Å². The molecule has 2 heteroatoms. The molecule has 7 rings (SSSR count). The summed E-state index contributed by atoms with van der Waals surface area (Å²) < 4.78 is 8.68. The van der Waals surface area contributed by atoms with Crippen LogP contribution in [0.15, 0.2) is 95.4 Å². The third kappa shape index (κ3) is 2.74. The molecule has 1 aliphatic rings. The number of fused-ring (bicyclic) bond motifs is 6. The van der Waals surface area contributed by atoms with E-state index < -0.39 is 0 Å². The lowest BCUT2D eigenvalue weighted by molar-refractivity contribution is 0.596. The van der Waals surface area contributed by atoms with Gasteiger partial charge in [0.25, 0.3) is 0 Å². The van der Waals surface area contributed by atoms with Gasteiger partial charge in [0.15, 0.2) is 0 Å². The molecule has 2 aromatic heterocycles. The Labute approximate surface area is 192 Å². The molecule has 0 bridgehead atoms. The van der Waals surface area contributed by atoms with E-state index in [0.717, 1.165) is 29.7 Å². The maximum atomic E-state index is 6.31. The lowest BCUT2D eigenvalue weighted by Crippen LogP contribution is -1.93. The highest BCUT2D eigenvalue weighted by molar-refractivity contribution is 6.09. The quantitative estimate of drug-likeness (QED) is 0.272. The van der Waals surface area contributed by atoms with Crippen LogP contribution in [0.4, 0.5) is 0 Å². The molecule has 4 aromatic carbocycles. The van der Waals surface area contributed by atoms with Crippen LogP contribution in [0.5, 0.6) is 0 Å². The minimum Gasteiger partial charge on any atom is -0.456 e. The average Bonchev–Trinajstić information content (AvgIpc) is 3.40. The van der Waals surface area contributed by atoms with Crippen LogP contribution >= 0.6 is 0 Å². The van der Waals surface area contributed by atoms with Gasteiger partial charge in [0, 0.05) is 33.0 Å². The number of allylic oxidation sites excluding steroid dienone is 1. The van der Waals surface area contributed by atoms with Crippen LogP contribution in [0, 0.1) is 6.92 Å². The maximum absolute atomic E-state index is 6.31. The Bertz CT molecular complexity index is 1710. The van der Waals surface area contributed by atoms with Crippen LogP contribution < -0.4 is 0 Å². The monoisotopic (exact) mass is 425 g/mol. The van der Waals surface area contributed by atoms with E-state index >= 15 is 0 Å². The van der Waals surface area contributed by atoms with Gasteiger partial charge in [0.1, 0.15) is 11.3 Å². The van der Waals surface area contributed by atoms with Crippen LogP contribution in [-0.4, -0.2) is 4.57 Å². The largest absolute Gasteiger partial charge is 0.456 e. The van der Waals surface area contributed by atoms with Crippen LogP contribution in [0.25, 0.3) is 55.7 Å². The molecule has 0 radical (unpaired) electrons. The van der Waals surface area contributed by atoms with Crippen LogP contribution in [0.3, 0.4) is 0 Å². The predicted molar refractivity (Wildman–Crippen MR) is 138 cm³/mol. The number of furan rings is 1. The normalized spacial score (nSPS) is 13.2. The zero-order valence-electron chi connectivity index (χ0n) is 18.5. The number of hydrogen-bond acceptors (Lipinski definition) is 1. The first-order valence-corrected chi connectivity index (χ1v) is 11.6. The number of aryl methyl sites for hydroxylation is 2. The van der Waals surface area contributed by atoms with Gasteiger partial charge in [-0.1, -0.05) is 66.2 Å². The van der Waals surface area contributed by atoms with Crippen molar-refractivity contribution >= 4 is 38.9 Å². The van der Waals surface area contributed by atoms with Crippen molar-refractivity contribution in [1.82, 2.24) is 4.57 Å². The number of nitrogens with zero attached hydrogens (tertiary/aromatic N) is 1. The first-order chi connectivity index (χ1) is 16.3. The highest BCUT2D eigenvalue weighted by atomic mass is 16.3. The SMILES string of the molecule is Cc1ccc2c(c1)c1ccccc1n2-c1ccc(-c2cccc3c4c(oc23)C=CCC4)cc1. The Morgan fingerprint density at radius 1 is 0.758 bits per heavy atom. The topological polar surface area (TPSA) is 18.1 Å². The number of aromatic nitrogens is 1. The Morgan fingerprint density at radius 2 is 1.58 bits per heavy atom. The third-order valence-electron chi connectivity index (χ3n) is 6.94. The van der Waals surface area contributed by atoms with E-state index in [1.165, 1.54) is 49.6 Å². The van der Waals surface area contributed by atoms with Gasteiger partial charge in [-0.15, -0.1) is 0 Å². The first-order valence-electron chi connectivity index (χ1n) is 11.6. The molecule has 0 amide bonds. The summed E-state index contributed by atoms with van der Waals surface area (Å²) in [5, 5.41) is 3.83. The van der Waals surface area contributed by atoms with Gasteiger partial charge in [-0.05, 0) is 61.7 Å². The van der Waals surface area contributed by atoms with Gasteiger partial charge in [-0.2, -0.15) is 0 Å². The molecule has 0 saturated carbocycles. The Balaban J connectivity index is 1.40. The van der Waals surface area contributed by atoms with Crippen molar-refractivity contribution in [1.29, 1.82) is 0 Å². The van der Waals surface area contributed by atoms with Crippen molar-refractivity contribution in [3.63, 3.8) is 0 Å². The Morgan fingerprint density at radius 3 is 2.48 bits per heavy atom. The molecule has 6 aromatic rings. The fourth-order valence-corrected chi connectivity index (χ4v) is 5.38. The second-order valence-electron chi connectivity index (χ2n) is 8.99. The standard InChI is InChI=1S/C31H23NO/c1-20-13-18-29-27(19-20)24-7-2-4-11-28(24)32(29)22-16-14-21(15-17-22)23-9-6-10-26-25-8-3-5-12-30(25)33-31(23)26/h2,4-7,9-19H,3,8H2,1H3. The van der Waals surface area contributed by atoms with Crippen molar-refractivity contribution in [3.05, 3.63) is 108 Å². The molecule has 2 heterocycles. The second kappa shape index (κ2) is 6.98. The van der Waals surface area contributed by atoms with Gasteiger partial charge in [-0.3, -0.25) is 0 Å². The van der Waals surface area contributed by atoms with Crippen molar-refractivity contribution in [2.24, 2.45) is 0 Å². The lowest BCUT2D eigenvalue weighted by Gasteiger charge is -2.10. The summed E-state index contributed by atoms with van der Waals surface area (Å²) >= 11 is 0. The zero-order valence-corrected chi connectivity index (χ0v) is 18.5. The van der Waals surface area contributed by atoms with E-state index in [9.17, 15) is 0 Å². The van der Waals surface area contributed by atoms with E-state index in [-0.39, 0.29) is 0 Å². The average molecular weight is 426 g/mol. The summed E-state index contributed by atoms with van der Waals surface area (Å²) in [5.41, 5.74) is 9.59. The fourth-order valence-electron chi connectivity index (χ4n) is 5.38. The molecule has 2 nitrogen and oxygen atoms in total. The first kappa shape index (κ1) is 18.5. The van der Waals surface area contributed by atoms with Crippen molar-refractivity contribution < 1.29 is 4.42 Å². The minimum absolute atomic E-state index is 0.995. The van der Waals surface area contributed by atoms with Crippen LogP contribution in [-0.2, 0) is 6.42 Å². The molecule has 0 aliphatic heterocycles. The molecule has 0 unspecified atom stereocenters. The summed E-state index contributed by atoms with van der Waals surface area (Å²) in [6.45, 7) is 2.16. The van der Waals surface area contributed by atoms with Crippen LogP contribution in [0.2, 0.25) is 0 Å². The third-order valence-corrected chi connectivity index (χ3v) is 6.94. The number of rotatable bonds is 2. The van der Waals surface area contributed by atoms with Gasteiger partial charge >= 0.3 is 0 Å². The summed E-state index contributed by atoms with van der Waals surface area (Å²) in [6, 6.07) is 30.8. The Kier molecular flexibility index (Phi) is 3.92. The van der Waals surface area contributed by atoms with E-state index in [4.69, 9.17) is 4.42 Å². The van der Waals surface area contributed by atoms with Crippen molar-refractivity contribution in [3.8, 4) is 16.8 Å². The lowest BCUT2D eigenvalue weighted by atomic mass is 9.98. The molecule has 0 fully saturated rings. The number of para-hydroxylation sites is 2. The highest BCUT2D eigenvalue weighted by Crippen LogP contribution is 2.38. The molecule has 158 valence electrons. The zero-order chi connectivity index (χ0) is 21.9. The fraction of sp³-hybridized carbons (Fsp3) is 0.0968. The molecule has 0 saturated heterocycles. The predicted octanol–water partition coefficient (Wildman–Crippen LogP) is 8.46. The summed E-state index contributed by atoms with van der Waals surface area (Å²) in [5.74, 6) is 1.01. The smallest absolute Gasteiger partial charge is 0.142 e. The molecule has 0 N–H and O–H groups in total. The van der Waals surface area contributed by atoms with Gasteiger partial charge in [0.05, 0.1) is 11.0 Å².